The van der Waals surface area contributed by atoms with Crippen LogP contribution in [0, 0.1) is 6.92 Å². The van der Waals surface area contributed by atoms with Crippen LogP contribution in [0.4, 0.5) is 10.6 Å². The number of carbonyl (C=O) groups is 1. The van der Waals surface area contributed by atoms with Gasteiger partial charge in [0, 0.05) is 23.9 Å². The molecule has 3 heterocycles. The van der Waals surface area contributed by atoms with Crippen LogP contribution >= 0.6 is 0 Å². The van der Waals surface area contributed by atoms with Crippen molar-refractivity contribution < 1.29 is 18.5 Å². The number of aliphatic hydroxyl groups is 1. The summed E-state index contributed by atoms with van der Waals surface area (Å²) in [5, 5.41) is 15.9. The molecule has 2 amide bonds. The second kappa shape index (κ2) is 8.49. The average Bonchev–Trinajstić information content (AvgIpc) is 3.27. The Morgan fingerprint density at radius 2 is 2.17 bits per heavy atom. The van der Waals surface area contributed by atoms with Crippen LogP contribution in [0.1, 0.15) is 50.7 Å². The fourth-order valence-electron chi connectivity index (χ4n) is 3.00. The van der Waals surface area contributed by atoms with Crippen molar-refractivity contribution in [3.63, 3.8) is 0 Å². The molecule has 0 fully saturated rings. The monoisotopic (exact) mass is 433 g/mol. The van der Waals surface area contributed by atoms with Crippen LogP contribution in [0.25, 0.3) is 5.70 Å². The van der Waals surface area contributed by atoms with E-state index in [9.17, 15) is 14.1 Å². The molecule has 0 aliphatic carbocycles. The van der Waals surface area contributed by atoms with Crippen molar-refractivity contribution in [1.29, 1.82) is 0 Å². The molecule has 10 heteroatoms. The van der Waals surface area contributed by atoms with Gasteiger partial charge in [0.05, 0.1) is 17.6 Å². The van der Waals surface area contributed by atoms with Gasteiger partial charge in [-0.3, -0.25) is 9.88 Å². The summed E-state index contributed by atoms with van der Waals surface area (Å²) in [6.45, 7) is 9.68. The number of aromatic nitrogens is 2. The number of rotatable bonds is 6. The quantitative estimate of drug-likeness (QED) is 0.556. The number of allylic oxidation sites excluding steroid dienone is 2. The van der Waals surface area contributed by atoms with Crippen LogP contribution in [0.15, 0.2) is 40.2 Å². The maximum atomic E-state index is 12.6. The van der Waals surface area contributed by atoms with Gasteiger partial charge in [0.1, 0.15) is 11.6 Å². The number of aryl methyl sites for hydroxylation is 1. The van der Waals surface area contributed by atoms with Crippen molar-refractivity contribution in [3.8, 4) is 0 Å². The standard InChI is InChI=1S/C20H27N5O4S/c1-12(2)17-18(25(13(3)22-17)15-6-8-21-9-7-15)23-19(26)24-30(28)16-10-14(11-29-16)20(4,5)27/h6-8,10-12,21,27H,9H2,1-5H3,(H2,23,24,26). The SMILES string of the molecule is Cc1nc(C(C)C)c(NC(=O)NS(=O)c2cc(C(C)(C)O)co2)n1C1=CCNC=C1. The largest absolute Gasteiger partial charge is 0.453 e. The molecule has 0 bridgehead atoms. The van der Waals surface area contributed by atoms with Gasteiger partial charge in [-0.2, -0.15) is 0 Å². The first-order valence-corrected chi connectivity index (χ1v) is 10.7. The average molecular weight is 434 g/mol. The van der Waals surface area contributed by atoms with Gasteiger partial charge in [0.2, 0.25) is 5.09 Å². The Morgan fingerprint density at radius 3 is 2.73 bits per heavy atom. The van der Waals surface area contributed by atoms with E-state index in [2.05, 4.69) is 20.3 Å². The number of hydrogen-bond acceptors (Lipinski definition) is 6. The van der Waals surface area contributed by atoms with Crippen molar-refractivity contribution >= 4 is 28.5 Å². The summed E-state index contributed by atoms with van der Waals surface area (Å²) in [6.07, 6.45) is 7.03. The molecule has 2 aromatic heterocycles. The zero-order chi connectivity index (χ0) is 22.1. The molecule has 1 unspecified atom stereocenters. The molecule has 0 saturated carbocycles. The molecule has 9 nitrogen and oxygen atoms in total. The molecule has 30 heavy (non-hydrogen) atoms. The predicted octanol–water partition coefficient (Wildman–Crippen LogP) is 2.94. The van der Waals surface area contributed by atoms with Gasteiger partial charge >= 0.3 is 6.03 Å². The Morgan fingerprint density at radius 1 is 1.43 bits per heavy atom. The molecule has 1 aliphatic rings. The van der Waals surface area contributed by atoms with Gasteiger partial charge in [-0.1, -0.05) is 13.8 Å². The molecule has 2 aromatic rings. The van der Waals surface area contributed by atoms with Crippen LogP contribution in [-0.4, -0.2) is 31.4 Å². The third-order valence-corrected chi connectivity index (χ3v) is 5.51. The van der Waals surface area contributed by atoms with Gasteiger partial charge < -0.3 is 14.8 Å². The van der Waals surface area contributed by atoms with Gasteiger partial charge in [0.15, 0.2) is 11.0 Å². The summed E-state index contributed by atoms with van der Waals surface area (Å²) < 4.78 is 22.0. The van der Waals surface area contributed by atoms with E-state index in [0.29, 0.717) is 17.9 Å². The summed E-state index contributed by atoms with van der Waals surface area (Å²) >= 11 is 0. The van der Waals surface area contributed by atoms with Crippen LogP contribution in [0.2, 0.25) is 0 Å². The summed E-state index contributed by atoms with van der Waals surface area (Å²) in [4.78, 5) is 17.2. The van der Waals surface area contributed by atoms with E-state index in [1.54, 1.807) is 13.8 Å². The molecule has 0 spiro atoms. The maximum Gasteiger partial charge on any atom is 0.332 e. The molecular weight excluding hydrogens is 406 g/mol. The summed E-state index contributed by atoms with van der Waals surface area (Å²) in [7, 11) is -1.93. The zero-order valence-corrected chi connectivity index (χ0v) is 18.5. The van der Waals surface area contributed by atoms with E-state index in [-0.39, 0.29) is 11.0 Å². The highest BCUT2D eigenvalue weighted by Gasteiger charge is 2.24. The minimum absolute atomic E-state index is 0.0417. The zero-order valence-electron chi connectivity index (χ0n) is 17.6. The number of dihydropyridines is 1. The number of nitrogens with one attached hydrogen (secondary N) is 3. The van der Waals surface area contributed by atoms with Crippen molar-refractivity contribution in [3.05, 3.63) is 47.8 Å². The Hall–Kier alpha value is -2.85. The van der Waals surface area contributed by atoms with Crippen molar-refractivity contribution in [2.75, 3.05) is 11.9 Å². The molecule has 162 valence electrons. The topological polar surface area (TPSA) is 121 Å². The first-order chi connectivity index (χ1) is 14.1. The fourth-order valence-corrected chi connectivity index (χ4v) is 3.69. The van der Waals surface area contributed by atoms with Crippen LogP contribution < -0.4 is 15.4 Å². The number of carbonyl (C=O) groups excluding carboxylic acids is 1. The normalized spacial score (nSPS) is 15.0. The molecule has 3 rings (SSSR count). The number of urea groups is 1. The smallest absolute Gasteiger partial charge is 0.332 e. The lowest BCUT2D eigenvalue weighted by atomic mass is 10.0. The summed E-state index contributed by atoms with van der Waals surface area (Å²) in [5.41, 5.74) is 0.931. The fraction of sp³-hybridized carbons (Fsp3) is 0.400. The van der Waals surface area contributed by atoms with Crippen LogP contribution in [-0.2, 0) is 16.6 Å². The molecular formula is C20H27N5O4S. The minimum Gasteiger partial charge on any atom is -0.453 e. The second-order valence-electron chi connectivity index (χ2n) is 7.79. The maximum absolute atomic E-state index is 12.6. The number of nitrogens with zero attached hydrogens (tertiary/aromatic N) is 2. The van der Waals surface area contributed by atoms with Crippen molar-refractivity contribution in [2.24, 2.45) is 0 Å². The molecule has 0 saturated heterocycles. The first-order valence-electron chi connectivity index (χ1n) is 9.58. The number of hydrogen-bond donors (Lipinski definition) is 4. The lowest BCUT2D eigenvalue weighted by Crippen LogP contribution is -2.31. The van der Waals surface area contributed by atoms with Crippen LogP contribution in [0.3, 0.4) is 0 Å². The van der Waals surface area contributed by atoms with Crippen molar-refractivity contribution in [2.45, 2.75) is 51.2 Å². The summed E-state index contributed by atoms with van der Waals surface area (Å²) in [6, 6.07) is 0.797. The molecule has 4 N–H and O–H groups in total. The Balaban J connectivity index is 1.82. The number of amides is 2. The highest BCUT2D eigenvalue weighted by atomic mass is 32.2. The van der Waals surface area contributed by atoms with Gasteiger partial charge in [0.25, 0.3) is 0 Å². The van der Waals surface area contributed by atoms with Gasteiger partial charge in [-0.25, -0.2) is 18.7 Å². The Bertz CT molecular complexity index is 1030. The molecule has 1 aliphatic heterocycles. The second-order valence-corrected chi connectivity index (χ2v) is 8.94. The molecule has 1 atom stereocenters. The molecule has 0 radical (unpaired) electrons. The molecule has 0 aromatic carbocycles. The van der Waals surface area contributed by atoms with E-state index >= 15 is 0 Å². The lowest BCUT2D eigenvalue weighted by Gasteiger charge is -2.16. The lowest BCUT2D eigenvalue weighted by molar-refractivity contribution is 0.0779. The third kappa shape index (κ3) is 4.65. The predicted molar refractivity (Wildman–Crippen MR) is 115 cm³/mol. The van der Waals surface area contributed by atoms with E-state index in [1.807, 2.05) is 43.7 Å². The number of furan rings is 1. The van der Waals surface area contributed by atoms with E-state index in [1.165, 1.54) is 12.3 Å². The number of imidazole rings is 1. The summed E-state index contributed by atoms with van der Waals surface area (Å²) in [5.74, 6) is 1.32. The first kappa shape index (κ1) is 21.8. The Kier molecular flexibility index (Phi) is 6.18. The van der Waals surface area contributed by atoms with E-state index in [0.717, 1.165) is 17.2 Å². The minimum atomic E-state index is -1.93. The van der Waals surface area contributed by atoms with Gasteiger partial charge in [-0.05, 0) is 45.0 Å². The number of anilines is 1. The third-order valence-electron chi connectivity index (χ3n) is 4.56. The van der Waals surface area contributed by atoms with E-state index in [4.69, 9.17) is 4.42 Å². The van der Waals surface area contributed by atoms with Gasteiger partial charge in [-0.15, -0.1) is 0 Å². The van der Waals surface area contributed by atoms with E-state index < -0.39 is 22.6 Å². The van der Waals surface area contributed by atoms with Crippen LogP contribution in [0.5, 0.6) is 0 Å². The van der Waals surface area contributed by atoms with Crippen molar-refractivity contribution in [1.82, 2.24) is 19.6 Å². The highest BCUT2D eigenvalue weighted by molar-refractivity contribution is 7.83. The highest BCUT2D eigenvalue weighted by Crippen LogP contribution is 2.29. The Labute approximate surface area is 177 Å².